The molecule has 5 nitrogen and oxygen atoms in total. The first-order valence-electron chi connectivity index (χ1n) is 8.34. The summed E-state index contributed by atoms with van der Waals surface area (Å²) in [6.45, 7) is 0. The Kier molecular flexibility index (Phi) is 6.49. The van der Waals surface area contributed by atoms with Crippen molar-refractivity contribution >= 4 is 45.2 Å². The highest BCUT2D eigenvalue weighted by Crippen LogP contribution is 2.35. The summed E-state index contributed by atoms with van der Waals surface area (Å²) in [4.78, 5) is 24.3. The van der Waals surface area contributed by atoms with E-state index in [0.717, 1.165) is 16.2 Å². The molecular formula is C20H15BrFN3O2S. The summed E-state index contributed by atoms with van der Waals surface area (Å²) in [7, 11) is 0. The van der Waals surface area contributed by atoms with Crippen molar-refractivity contribution in [3.63, 3.8) is 0 Å². The zero-order valence-electron chi connectivity index (χ0n) is 14.5. The third-order valence-corrected chi connectivity index (χ3v) is 5.65. The number of hydrogen-bond donors (Lipinski definition) is 2. The minimum Gasteiger partial charge on any atom is -0.325 e. The van der Waals surface area contributed by atoms with Crippen LogP contribution in [0.4, 0.5) is 10.1 Å². The van der Waals surface area contributed by atoms with Gasteiger partial charge in [-0.2, -0.15) is 5.26 Å². The first-order chi connectivity index (χ1) is 13.5. The van der Waals surface area contributed by atoms with E-state index in [1.54, 1.807) is 24.3 Å². The Bertz CT molecular complexity index is 968. The predicted octanol–water partition coefficient (Wildman–Crippen LogP) is 4.30. The molecule has 8 heteroatoms. The molecule has 2 aromatic carbocycles. The number of carbonyl (C=O) groups is 2. The number of allylic oxidation sites excluding steroid dienone is 1. The van der Waals surface area contributed by atoms with Crippen molar-refractivity contribution in [3.05, 3.63) is 75.0 Å². The van der Waals surface area contributed by atoms with Crippen LogP contribution >= 0.6 is 27.7 Å². The van der Waals surface area contributed by atoms with Crippen LogP contribution in [0.2, 0.25) is 0 Å². The van der Waals surface area contributed by atoms with Gasteiger partial charge in [-0.05, 0) is 42.0 Å². The Morgan fingerprint density at radius 1 is 1.25 bits per heavy atom. The molecule has 1 atom stereocenters. The van der Waals surface area contributed by atoms with Crippen molar-refractivity contribution in [2.45, 2.75) is 12.3 Å². The van der Waals surface area contributed by atoms with Gasteiger partial charge in [-0.25, -0.2) is 4.39 Å². The standard InChI is InChI=1S/C20H15BrFN3O2S/c21-13-3-7-15(8-4-13)24-19(27)11-28-20-17(10-23)16(9-18(26)25-20)12-1-5-14(22)6-2-12/h1-8,16H,9,11H2,(H,24,27)(H,25,26)/t16-/m1/s1. The maximum absolute atomic E-state index is 13.2. The first-order valence-corrected chi connectivity index (χ1v) is 10.1. The second-order valence-corrected chi connectivity index (χ2v) is 7.96. The van der Waals surface area contributed by atoms with E-state index in [2.05, 4.69) is 32.6 Å². The number of nitriles is 1. The highest BCUT2D eigenvalue weighted by atomic mass is 79.9. The number of nitrogens with zero attached hydrogens (tertiary/aromatic N) is 1. The average molecular weight is 460 g/mol. The number of anilines is 1. The van der Waals surface area contributed by atoms with Crippen molar-refractivity contribution in [1.82, 2.24) is 5.32 Å². The molecule has 1 heterocycles. The van der Waals surface area contributed by atoms with E-state index in [-0.39, 0.29) is 29.8 Å². The van der Waals surface area contributed by atoms with Crippen LogP contribution in [0.15, 0.2) is 63.6 Å². The molecule has 0 saturated carbocycles. The summed E-state index contributed by atoms with van der Waals surface area (Å²) in [5.74, 6) is -1.31. The molecule has 1 aliphatic heterocycles. The van der Waals surface area contributed by atoms with Crippen LogP contribution in [-0.2, 0) is 9.59 Å². The molecule has 0 spiro atoms. The second kappa shape index (κ2) is 9.04. The van der Waals surface area contributed by atoms with Crippen LogP contribution < -0.4 is 10.6 Å². The summed E-state index contributed by atoms with van der Waals surface area (Å²) in [5.41, 5.74) is 1.71. The van der Waals surface area contributed by atoms with E-state index < -0.39 is 5.92 Å². The smallest absolute Gasteiger partial charge is 0.234 e. The topological polar surface area (TPSA) is 82.0 Å². The molecular weight excluding hydrogens is 445 g/mol. The van der Waals surface area contributed by atoms with Crippen LogP contribution in [0.25, 0.3) is 0 Å². The lowest BCUT2D eigenvalue weighted by atomic mass is 9.87. The van der Waals surface area contributed by atoms with Crippen LogP contribution in [0.1, 0.15) is 17.9 Å². The largest absolute Gasteiger partial charge is 0.325 e. The van der Waals surface area contributed by atoms with E-state index >= 15 is 0 Å². The van der Waals surface area contributed by atoms with Crippen LogP contribution in [0.3, 0.4) is 0 Å². The van der Waals surface area contributed by atoms with Gasteiger partial charge in [-0.3, -0.25) is 9.59 Å². The molecule has 0 radical (unpaired) electrons. The highest BCUT2D eigenvalue weighted by Gasteiger charge is 2.29. The van der Waals surface area contributed by atoms with E-state index in [4.69, 9.17) is 0 Å². The van der Waals surface area contributed by atoms with Gasteiger partial charge in [-0.1, -0.05) is 39.8 Å². The number of carbonyl (C=O) groups excluding carboxylic acids is 2. The third kappa shape index (κ3) is 5.00. The molecule has 0 saturated heterocycles. The minimum atomic E-state index is -0.462. The highest BCUT2D eigenvalue weighted by molar-refractivity contribution is 9.10. The van der Waals surface area contributed by atoms with Crippen molar-refractivity contribution < 1.29 is 14.0 Å². The SMILES string of the molecule is N#CC1=C(SCC(=O)Nc2ccc(Br)cc2)NC(=O)C[C@@H]1c1ccc(F)cc1. The van der Waals surface area contributed by atoms with E-state index in [1.165, 1.54) is 12.1 Å². The lowest BCUT2D eigenvalue weighted by molar-refractivity contribution is -0.121. The zero-order chi connectivity index (χ0) is 20.1. The fourth-order valence-electron chi connectivity index (χ4n) is 2.78. The van der Waals surface area contributed by atoms with E-state index in [1.807, 2.05) is 12.1 Å². The van der Waals surface area contributed by atoms with Crippen molar-refractivity contribution in [3.8, 4) is 6.07 Å². The number of amides is 2. The fourth-order valence-corrected chi connectivity index (χ4v) is 3.92. The molecule has 0 bridgehead atoms. The fraction of sp³-hybridized carbons (Fsp3) is 0.150. The van der Waals surface area contributed by atoms with Crippen LogP contribution in [0.5, 0.6) is 0 Å². The molecule has 0 aromatic heterocycles. The summed E-state index contributed by atoms with van der Waals surface area (Å²) in [5, 5.41) is 15.4. The van der Waals surface area contributed by atoms with Crippen molar-refractivity contribution in [1.29, 1.82) is 5.26 Å². The normalized spacial score (nSPS) is 16.3. The number of rotatable bonds is 5. The van der Waals surface area contributed by atoms with Gasteiger partial charge in [0.2, 0.25) is 11.8 Å². The molecule has 2 N–H and O–H groups in total. The number of hydrogen-bond acceptors (Lipinski definition) is 4. The Morgan fingerprint density at radius 3 is 2.57 bits per heavy atom. The number of halogens is 2. The lowest BCUT2D eigenvalue weighted by Crippen LogP contribution is -2.31. The maximum Gasteiger partial charge on any atom is 0.234 e. The Labute approximate surface area is 174 Å². The minimum absolute atomic E-state index is 0.0347. The number of benzene rings is 2. The third-order valence-electron chi connectivity index (χ3n) is 4.10. The Balaban J connectivity index is 1.73. The monoisotopic (exact) mass is 459 g/mol. The van der Waals surface area contributed by atoms with Gasteiger partial charge in [0.15, 0.2) is 0 Å². The Morgan fingerprint density at radius 2 is 1.93 bits per heavy atom. The van der Waals surface area contributed by atoms with Gasteiger partial charge >= 0.3 is 0 Å². The summed E-state index contributed by atoms with van der Waals surface area (Å²) in [6, 6.07) is 15.0. The quantitative estimate of drug-likeness (QED) is 0.698. The van der Waals surface area contributed by atoms with E-state index in [9.17, 15) is 19.2 Å². The number of thioether (sulfide) groups is 1. The molecule has 3 rings (SSSR count). The molecule has 0 aliphatic carbocycles. The summed E-state index contributed by atoms with van der Waals surface area (Å²) >= 11 is 4.42. The second-order valence-electron chi connectivity index (χ2n) is 6.05. The van der Waals surface area contributed by atoms with Crippen LogP contribution in [0, 0.1) is 17.1 Å². The average Bonchev–Trinajstić information content (AvgIpc) is 2.68. The molecule has 28 heavy (non-hydrogen) atoms. The molecule has 0 fully saturated rings. The molecule has 2 amide bonds. The van der Waals surface area contributed by atoms with Gasteiger partial charge in [-0.15, -0.1) is 0 Å². The predicted molar refractivity (Wildman–Crippen MR) is 110 cm³/mol. The van der Waals surface area contributed by atoms with Crippen molar-refractivity contribution in [2.24, 2.45) is 0 Å². The van der Waals surface area contributed by atoms with Gasteiger partial charge in [0.05, 0.1) is 22.4 Å². The van der Waals surface area contributed by atoms with Gasteiger partial charge in [0, 0.05) is 22.5 Å². The summed E-state index contributed by atoms with van der Waals surface area (Å²) in [6.07, 6.45) is 0.101. The Hall–Kier alpha value is -2.63. The molecule has 1 aliphatic rings. The van der Waals surface area contributed by atoms with Crippen molar-refractivity contribution in [2.75, 3.05) is 11.1 Å². The zero-order valence-corrected chi connectivity index (χ0v) is 16.9. The van der Waals surface area contributed by atoms with Gasteiger partial charge in [0.25, 0.3) is 0 Å². The van der Waals surface area contributed by atoms with Gasteiger partial charge < -0.3 is 10.6 Å². The molecule has 0 unspecified atom stereocenters. The van der Waals surface area contributed by atoms with Crippen LogP contribution in [-0.4, -0.2) is 17.6 Å². The van der Waals surface area contributed by atoms with E-state index in [0.29, 0.717) is 21.9 Å². The molecule has 142 valence electrons. The van der Waals surface area contributed by atoms with Gasteiger partial charge in [0.1, 0.15) is 5.82 Å². The first kappa shape index (κ1) is 20.1. The maximum atomic E-state index is 13.2. The number of nitrogens with one attached hydrogen (secondary N) is 2. The summed E-state index contributed by atoms with van der Waals surface area (Å²) < 4.78 is 14.1. The lowest BCUT2D eigenvalue weighted by Gasteiger charge is -2.25. The molecule has 2 aromatic rings.